The van der Waals surface area contributed by atoms with Crippen molar-refractivity contribution in [3.05, 3.63) is 18.2 Å². The molecule has 94 valence electrons. The maximum absolute atomic E-state index is 10.6. The first-order chi connectivity index (χ1) is 8.25. The van der Waals surface area contributed by atoms with Gasteiger partial charge >= 0.3 is 5.97 Å². The molecule has 1 aromatic heterocycles. The molecule has 0 atom stereocenters. The van der Waals surface area contributed by atoms with Crippen LogP contribution in [-0.2, 0) is 22.5 Å². The molecule has 1 aliphatic rings. The topological polar surface area (TPSA) is 67.6 Å². The molecule has 0 saturated carbocycles. The zero-order chi connectivity index (χ0) is 12.1. The lowest BCUT2D eigenvalue weighted by Crippen LogP contribution is -2.38. The number of aromatic nitrogens is 2. The Morgan fingerprint density at radius 2 is 2.18 bits per heavy atom. The Morgan fingerprint density at radius 3 is 2.88 bits per heavy atom. The van der Waals surface area contributed by atoms with Crippen molar-refractivity contribution >= 4 is 5.97 Å². The Labute approximate surface area is 99.8 Å². The van der Waals surface area contributed by atoms with E-state index in [1.165, 1.54) is 0 Å². The highest BCUT2D eigenvalue weighted by molar-refractivity contribution is 5.69. The van der Waals surface area contributed by atoms with E-state index in [2.05, 4.69) is 9.88 Å². The Morgan fingerprint density at radius 1 is 1.41 bits per heavy atom. The summed E-state index contributed by atoms with van der Waals surface area (Å²) in [5.41, 5.74) is 0. The van der Waals surface area contributed by atoms with E-state index in [9.17, 15) is 4.79 Å². The average Bonchev–Trinajstić information content (AvgIpc) is 2.74. The van der Waals surface area contributed by atoms with Crippen LogP contribution >= 0.6 is 0 Å². The van der Waals surface area contributed by atoms with E-state index in [1.54, 1.807) is 6.20 Å². The highest BCUT2D eigenvalue weighted by Gasteiger charge is 2.12. The second-order valence-electron chi connectivity index (χ2n) is 4.06. The van der Waals surface area contributed by atoms with Crippen molar-refractivity contribution in [2.24, 2.45) is 0 Å². The summed E-state index contributed by atoms with van der Waals surface area (Å²) < 4.78 is 7.18. The molecule has 1 fully saturated rings. The van der Waals surface area contributed by atoms with E-state index in [-0.39, 0.29) is 6.42 Å². The Bertz CT molecular complexity index is 372. The standard InChI is InChI=1S/C11H17N3O3/c15-11(16)9-10-12-1-2-14(10)4-3-13-5-7-17-8-6-13/h1-2H,3-9H2,(H,15,16). The van der Waals surface area contributed by atoms with Crippen molar-refractivity contribution in [3.8, 4) is 0 Å². The number of hydrogen-bond donors (Lipinski definition) is 1. The fraction of sp³-hybridized carbons (Fsp3) is 0.636. The number of imidazole rings is 1. The molecule has 6 nitrogen and oxygen atoms in total. The minimum atomic E-state index is -0.844. The molecule has 0 spiro atoms. The van der Waals surface area contributed by atoms with Crippen molar-refractivity contribution in [2.45, 2.75) is 13.0 Å². The molecule has 0 unspecified atom stereocenters. The first-order valence-corrected chi connectivity index (χ1v) is 5.77. The largest absolute Gasteiger partial charge is 0.481 e. The van der Waals surface area contributed by atoms with Crippen molar-refractivity contribution < 1.29 is 14.6 Å². The third-order valence-corrected chi connectivity index (χ3v) is 2.87. The minimum absolute atomic E-state index is 0.0177. The number of nitrogens with zero attached hydrogens (tertiary/aromatic N) is 3. The van der Waals surface area contributed by atoms with Gasteiger partial charge in [0.1, 0.15) is 12.2 Å². The first kappa shape index (κ1) is 12.1. The van der Waals surface area contributed by atoms with Crippen LogP contribution in [-0.4, -0.2) is 58.4 Å². The van der Waals surface area contributed by atoms with Crippen LogP contribution in [0.2, 0.25) is 0 Å². The molecule has 0 bridgehead atoms. The molecule has 1 saturated heterocycles. The van der Waals surface area contributed by atoms with Crippen molar-refractivity contribution in [1.29, 1.82) is 0 Å². The van der Waals surface area contributed by atoms with Crippen molar-refractivity contribution in [1.82, 2.24) is 14.5 Å². The molecule has 1 aromatic rings. The van der Waals surface area contributed by atoms with Crippen LogP contribution < -0.4 is 0 Å². The Balaban J connectivity index is 1.85. The monoisotopic (exact) mass is 239 g/mol. The zero-order valence-electron chi connectivity index (χ0n) is 9.71. The number of hydrogen-bond acceptors (Lipinski definition) is 4. The van der Waals surface area contributed by atoms with Gasteiger partial charge in [-0.25, -0.2) is 4.98 Å². The molecular weight excluding hydrogens is 222 g/mol. The lowest BCUT2D eigenvalue weighted by Gasteiger charge is -2.26. The number of aliphatic carboxylic acids is 1. The number of morpholine rings is 1. The van der Waals surface area contributed by atoms with Crippen molar-refractivity contribution in [2.75, 3.05) is 32.8 Å². The summed E-state index contributed by atoms with van der Waals surface area (Å²) in [4.78, 5) is 17.0. The third kappa shape index (κ3) is 3.54. The summed E-state index contributed by atoms with van der Waals surface area (Å²) in [5, 5.41) is 8.75. The van der Waals surface area contributed by atoms with E-state index < -0.39 is 5.97 Å². The van der Waals surface area contributed by atoms with Gasteiger partial charge in [0.05, 0.1) is 13.2 Å². The molecular formula is C11H17N3O3. The SMILES string of the molecule is O=C(O)Cc1nccn1CCN1CCOCC1. The maximum Gasteiger partial charge on any atom is 0.311 e. The van der Waals surface area contributed by atoms with E-state index in [0.717, 1.165) is 39.4 Å². The average molecular weight is 239 g/mol. The molecule has 17 heavy (non-hydrogen) atoms. The van der Waals surface area contributed by atoms with Gasteiger partial charge in [-0.3, -0.25) is 9.69 Å². The van der Waals surface area contributed by atoms with Crippen LogP contribution in [0.1, 0.15) is 5.82 Å². The van der Waals surface area contributed by atoms with Crippen LogP contribution in [0.3, 0.4) is 0 Å². The summed E-state index contributed by atoms with van der Waals surface area (Å²) in [7, 11) is 0. The molecule has 2 rings (SSSR count). The van der Waals surface area contributed by atoms with Gasteiger partial charge in [0, 0.05) is 38.6 Å². The molecule has 0 aliphatic carbocycles. The molecule has 0 aromatic carbocycles. The van der Waals surface area contributed by atoms with Crippen LogP contribution in [0, 0.1) is 0 Å². The zero-order valence-corrected chi connectivity index (χ0v) is 9.71. The first-order valence-electron chi connectivity index (χ1n) is 5.77. The molecule has 1 aliphatic heterocycles. The van der Waals surface area contributed by atoms with Crippen molar-refractivity contribution in [3.63, 3.8) is 0 Å². The molecule has 2 heterocycles. The van der Waals surface area contributed by atoms with E-state index in [4.69, 9.17) is 9.84 Å². The number of rotatable bonds is 5. The summed E-state index contributed by atoms with van der Waals surface area (Å²) >= 11 is 0. The van der Waals surface area contributed by atoms with E-state index in [1.807, 2.05) is 10.8 Å². The van der Waals surface area contributed by atoms with Gasteiger partial charge in [-0.15, -0.1) is 0 Å². The van der Waals surface area contributed by atoms with Crippen LogP contribution in [0.25, 0.3) is 0 Å². The number of carbonyl (C=O) groups is 1. The second-order valence-corrected chi connectivity index (χ2v) is 4.06. The van der Waals surface area contributed by atoms with Crippen LogP contribution in [0.5, 0.6) is 0 Å². The Kier molecular flexibility index (Phi) is 4.11. The third-order valence-electron chi connectivity index (χ3n) is 2.87. The van der Waals surface area contributed by atoms with Gasteiger partial charge < -0.3 is 14.4 Å². The highest BCUT2D eigenvalue weighted by atomic mass is 16.5. The number of ether oxygens (including phenoxy) is 1. The van der Waals surface area contributed by atoms with Gasteiger partial charge in [-0.1, -0.05) is 0 Å². The lowest BCUT2D eigenvalue weighted by molar-refractivity contribution is -0.136. The summed E-state index contributed by atoms with van der Waals surface area (Å²) in [5.74, 6) is -0.227. The molecule has 6 heteroatoms. The summed E-state index contributed by atoms with van der Waals surface area (Å²) in [6, 6.07) is 0. The molecule has 0 amide bonds. The van der Waals surface area contributed by atoms with Crippen LogP contribution in [0.15, 0.2) is 12.4 Å². The van der Waals surface area contributed by atoms with Crippen LogP contribution in [0.4, 0.5) is 0 Å². The maximum atomic E-state index is 10.6. The highest BCUT2D eigenvalue weighted by Crippen LogP contribution is 2.02. The summed E-state index contributed by atoms with van der Waals surface area (Å²) in [6.45, 7) is 5.15. The smallest absolute Gasteiger partial charge is 0.311 e. The predicted molar refractivity (Wildman–Crippen MR) is 60.8 cm³/mol. The fourth-order valence-corrected chi connectivity index (χ4v) is 1.92. The predicted octanol–water partition coefficient (Wildman–Crippen LogP) is -0.158. The minimum Gasteiger partial charge on any atom is -0.481 e. The quantitative estimate of drug-likeness (QED) is 0.773. The normalized spacial score (nSPS) is 17.2. The Hall–Kier alpha value is -1.40. The lowest BCUT2D eigenvalue weighted by atomic mass is 10.4. The van der Waals surface area contributed by atoms with Gasteiger partial charge in [0.25, 0.3) is 0 Å². The van der Waals surface area contributed by atoms with Gasteiger partial charge in [-0.2, -0.15) is 0 Å². The molecule has 0 radical (unpaired) electrons. The second kappa shape index (κ2) is 5.79. The van der Waals surface area contributed by atoms with Gasteiger partial charge in [0.2, 0.25) is 0 Å². The fourth-order valence-electron chi connectivity index (χ4n) is 1.92. The van der Waals surface area contributed by atoms with E-state index >= 15 is 0 Å². The number of carboxylic acids is 1. The van der Waals surface area contributed by atoms with Gasteiger partial charge in [0.15, 0.2) is 0 Å². The summed E-state index contributed by atoms with van der Waals surface area (Å²) in [6.07, 6.45) is 3.46. The number of carboxylic acid groups (broad SMARTS) is 1. The molecule has 1 N–H and O–H groups in total. The van der Waals surface area contributed by atoms with Gasteiger partial charge in [-0.05, 0) is 0 Å². The van der Waals surface area contributed by atoms with E-state index in [0.29, 0.717) is 5.82 Å².